The first-order valence-corrected chi connectivity index (χ1v) is 8.14. The SMILES string of the molecule is CC(C)(O)CCNc1cc2c(C=Cc3cccnc3)n[nH]c2cc1F. The predicted octanol–water partition coefficient (Wildman–Crippen LogP) is 3.84. The highest BCUT2D eigenvalue weighted by atomic mass is 19.1. The largest absolute Gasteiger partial charge is 0.390 e. The lowest BCUT2D eigenvalue weighted by Crippen LogP contribution is -2.22. The Hall–Kier alpha value is -2.73. The molecule has 0 radical (unpaired) electrons. The second-order valence-corrected chi connectivity index (χ2v) is 6.60. The van der Waals surface area contributed by atoms with Gasteiger partial charge in [0.2, 0.25) is 0 Å². The zero-order valence-electron chi connectivity index (χ0n) is 14.3. The third-order valence-corrected chi connectivity index (χ3v) is 3.85. The highest BCUT2D eigenvalue weighted by molar-refractivity contribution is 5.91. The number of halogens is 1. The zero-order valence-corrected chi connectivity index (χ0v) is 14.3. The molecule has 3 rings (SSSR count). The summed E-state index contributed by atoms with van der Waals surface area (Å²) in [5, 5.41) is 20.7. The number of aromatic nitrogens is 3. The van der Waals surface area contributed by atoms with Gasteiger partial charge in [-0.3, -0.25) is 10.1 Å². The van der Waals surface area contributed by atoms with Crippen molar-refractivity contribution in [2.45, 2.75) is 25.9 Å². The Balaban J connectivity index is 1.84. The maximum absolute atomic E-state index is 14.2. The van der Waals surface area contributed by atoms with Crippen LogP contribution in [-0.4, -0.2) is 32.4 Å². The minimum atomic E-state index is -0.791. The molecule has 3 aromatic rings. The van der Waals surface area contributed by atoms with Crippen LogP contribution in [0.2, 0.25) is 0 Å². The minimum absolute atomic E-state index is 0.352. The van der Waals surface area contributed by atoms with Crippen LogP contribution in [0.3, 0.4) is 0 Å². The van der Waals surface area contributed by atoms with E-state index >= 15 is 0 Å². The maximum Gasteiger partial charge on any atom is 0.148 e. The van der Waals surface area contributed by atoms with E-state index in [0.29, 0.717) is 24.2 Å². The van der Waals surface area contributed by atoms with Gasteiger partial charge in [-0.2, -0.15) is 5.10 Å². The van der Waals surface area contributed by atoms with Crippen molar-refractivity contribution in [1.29, 1.82) is 0 Å². The van der Waals surface area contributed by atoms with Gasteiger partial charge in [-0.15, -0.1) is 0 Å². The van der Waals surface area contributed by atoms with Gasteiger partial charge in [-0.05, 0) is 44.0 Å². The molecule has 0 fully saturated rings. The normalized spacial score (nSPS) is 12.2. The van der Waals surface area contributed by atoms with E-state index in [0.717, 1.165) is 16.6 Å². The van der Waals surface area contributed by atoms with Crippen molar-refractivity contribution >= 4 is 28.7 Å². The topological polar surface area (TPSA) is 73.8 Å². The Morgan fingerprint density at radius 2 is 2.16 bits per heavy atom. The van der Waals surface area contributed by atoms with Crippen molar-refractivity contribution in [3.63, 3.8) is 0 Å². The number of H-pyrrole nitrogens is 1. The number of pyridine rings is 1. The van der Waals surface area contributed by atoms with Crippen molar-refractivity contribution in [2.24, 2.45) is 0 Å². The van der Waals surface area contributed by atoms with E-state index in [1.807, 2.05) is 24.3 Å². The number of nitrogens with zero attached hydrogens (tertiary/aromatic N) is 2. The fourth-order valence-electron chi connectivity index (χ4n) is 2.47. The summed E-state index contributed by atoms with van der Waals surface area (Å²) >= 11 is 0. The van der Waals surface area contributed by atoms with Crippen molar-refractivity contribution in [1.82, 2.24) is 15.2 Å². The van der Waals surface area contributed by atoms with Crippen LogP contribution in [0.25, 0.3) is 23.1 Å². The summed E-state index contributed by atoms with van der Waals surface area (Å²) in [4.78, 5) is 4.07. The standard InChI is InChI=1S/C19H21FN4O/c1-19(2,25)7-9-22-18-10-14-16(23-24-17(14)11-15(18)20)6-5-13-4-3-8-21-12-13/h3-6,8,10-12,22,25H,7,9H2,1-2H3,(H,23,24). The molecule has 5 nitrogen and oxygen atoms in total. The van der Waals surface area contributed by atoms with E-state index < -0.39 is 5.60 Å². The van der Waals surface area contributed by atoms with Gasteiger partial charge in [0.15, 0.2) is 0 Å². The highest BCUT2D eigenvalue weighted by Crippen LogP contribution is 2.25. The van der Waals surface area contributed by atoms with Crippen molar-refractivity contribution in [3.8, 4) is 0 Å². The van der Waals surface area contributed by atoms with E-state index in [-0.39, 0.29) is 5.82 Å². The number of benzene rings is 1. The molecule has 0 aliphatic rings. The second-order valence-electron chi connectivity index (χ2n) is 6.60. The first kappa shape index (κ1) is 17.1. The van der Waals surface area contributed by atoms with Crippen molar-refractivity contribution in [3.05, 3.63) is 53.7 Å². The summed E-state index contributed by atoms with van der Waals surface area (Å²) in [6, 6.07) is 6.97. The summed E-state index contributed by atoms with van der Waals surface area (Å²) in [5.41, 5.74) is 1.93. The maximum atomic E-state index is 14.2. The van der Waals surface area contributed by atoms with E-state index in [9.17, 15) is 9.50 Å². The number of rotatable bonds is 6. The van der Waals surface area contributed by atoms with E-state index in [4.69, 9.17) is 0 Å². The van der Waals surface area contributed by atoms with Gasteiger partial charge in [0, 0.05) is 30.4 Å². The van der Waals surface area contributed by atoms with Crippen LogP contribution >= 0.6 is 0 Å². The molecule has 0 amide bonds. The molecule has 0 aliphatic heterocycles. The lowest BCUT2D eigenvalue weighted by Gasteiger charge is -2.17. The van der Waals surface area contributed by atoms with Crippen molar-refractivity contribution in [2.75, 3.05) is 11.9 Å². The van der Waals surface area contributed by atoms with Crippen LogP contribution in [0.15, 0.2) is 36.7 Å². The Labute approximate surface area is 145 Å². The van der Waals surface area contributed by atoms with Crippen LogP contribution in [0.1, 0.15) is 31.5 Å². The Morgan fingerprint density at radius 1 is 1.32 bits per heavy atom. The smallest absolute Gasteiger partial charge is 0.148 e. The third kappa shape index (κ3) is 4.42. The minimum Gasteiger partial charge on any atom is -0.390 e. The summed E-state index contributed by atoms with van der Waals surface area (Å²) in [6.07, 6.45) is 7.77. The summed E-state index contributed by atoms with van der Waals surface area (Å²) < 4.78 is 14.2. The molecular weight excluding hydrogens is 319 g/mol. The van der Waals surface area contributed by atoms with Gasteiger partial charge >= 0.3 is 0 Å². The molecule has 0 atom stereocenters. The lowest BCUT2D eigenvalue weighted by atomic mass is 10.1. The summed E-state index contributed by atoms with van der Waals surface area (Å²) in [5.74, 6) is -0.352. The summed E-state index contributed by atoms with van der Waals surface area (Å²) in [7, 11) is 0. The van der Waals surface area contributed by atoms with Crippen LogP contribution in [0.4, 0.5) is 10.1 Å². The molecule has 130 valence electrons. The molecule has 3 N–H and O–H groups in total. The Morgan fingerprint density at radius 3 is 2.88 bits per heavy atom. The molecule has 0 bridgehead atoms. The zero-order chi connectivity index (χ0) is 17.9. The van der Waals surface area contributed by atoms with Crippen LogP contribution < -0.4 is 5.32 Å². The second kappa shape index (κ2) is 7.03. The van der Waals surface area contributed by atoms with Crippen LogP contribution in [-0.2, 0) is 0 Å². The molecule has 6 heteroatoms. The number of nitrogens with one attached hydrogen (secondary N) is 2. The number of hydrogen-bond acceptors (Lipinski definition) is 4. The molecule has 0 aliphatic carbocycles. The number of fused-ring (bicyclic) bond motifs is 1. The van der Waals surface area contributed by atoms with Gasteiger partial charge in [-0.1, -0.05) is 12.1 Å². The lowest BCUT2D eigenvalue weighted by molar-refractivity contribution is 0.0748. The molecule has 2 heterocycles. The van der Waals surface area contributed by atoms with E-state index in [1.165, 1.54) is 6.07 Å². The monoisotopic (exact) mass is 340 g/mol. The molecule has 0 saturated carbocycles. The molecule has 1 aromatic carbocycles. The van der Waals surface area contributed by atoms with E-state index in [1.54, 1.807) is 32.3 Å². The molecule has 0 spiro atoms. The highest BCUT2D eigenvalue weighted by Gasteiger charge is 2.13. The fourth-order valence-corrected chi connectivity index (χ4v) is 2.47. The fraction of sp³-hybridized carbons (Fsp3) is 0.263. The average molecular weight is 340 g/mol. The first-order chi connectivity index (χ1) is 11.9. The van der Waals surface area contributed by atoms with Gasteiger partial charge in [0.05, 0.1) is 22.5 Å². The Bertz CT molecular complexity index is 882. The van der Waals surface area contributed by atoms with Gasteiger partial charge < -0.3 is 10.4 Å². The van der Waals surface area contributed by atoms with Crippen molar-refractivity contribution < 1.29 is 9.50 Å². The number of aromatic amines is 1. The molecule has 25 heavy (non-hydrogen) atoms. The Kier molecular flexibility index (Phi) is 4.81. The van der Waals surface area contributed by atoms with Gasteiger partial charge in [0.25, 0.3) is 0 Å². The average Bonchev–Trinajstić information content (AvgIpc) is 2.95. The quantitative estimate of drug-likeness (QED) is 0.637. The number of aliphatic hydroxyl groups is 1. The predicted molar refractivity (Wildman–Crippen MR) is 98.6 cm³/mol. The first-order valence-electron chi connectivity index (χ1n) is 8.14. The van der Waals surface area contributed by atoms with Gasteiger partial charge in [0.1, 0.15) is 5.82 Å². The van der Waals surface area contributed by atoms with Crippen LogP contribution in [0, 0.1) is 5.82 Å². The van der Waals surface area contributed by atoms with E-state index in [2.05, 4.69) is 20.5 Å². The third-order valence-electron chi connectivity index (χ3n) is 3.85. The number of hydrogen-bond donors (Lipinski definition) is 3. The van der Waals surface area contributed by atoms with Crippen LogP contribution in [0.5, 0.6) is 0 Å². The van der Waals surface area contributed by atoms with Gasteiger partial charge in [-0.25, -0.2) is 4.39 Å². The molecular formula is C19H21FN4O. The molecule has 2 aromatic heterocycles. The summed E-state index contributed by atoms with van der Waals surface area (Å²) in [6.45, 7) is 3.93. The number of anilines is 1. The molecule has 0 saturated heterocycles. The molecule has 0 unspecified atom stereocenters.